The highest BCUT2D eigenvalue weighted by atomic mass is 32.1. The Balaban J connectivity index is 2.08. The summed E-state index contributed by atoms with van der Waals surface area (Å²) in [7, 11) is 2.90. The van der Waals surface area contributed by atoms with Crippen LogP contribution in [0.4, 0.5) is 5.13 Å². The van der Waals surface area contributed by atoms with E-state index in [4.69, 9.17) is 4.74 Å². The number of methoxy groups -OCH3 is 2. The molecule has 6 nitrogen and oxygen atoms in total. The third-order valence-corrected chi connectivity index (χ3v) is 4.07. The molecule has 0 aliphatic carbocycles. The smallest absolute Gasteiger partial charge is 0.310 e. The van der Waals surface area contributed by atoms with Gasteiger partial charge >= 0.3 is 5.97 Å². The van der Waals surface area contributed by atoms with Crippen LogP contribution in [0.5, 0.6) is 5.75 Å². The molecule has 0 spiro atoms. The summed E-state index contributed by atoms with van der Waals surface area (Å²) in [4.78, 5) is 28.5. The van der Waals surface area contributed by atoms with Gasteiger partial charge in [-0.1, -0.05) is 0 Å². The van der Waals surface area contributed by atoms with E-state index in [1.54, 1.807) is 38.3 Å². The standard InChI is InChI=1S/C15H16N2O4S/c1-9-12(8-13(18)21-3)22-15(16-9)17-14(19)10-4-6-11(20-2)7-5-10/h4-7H,8H2,1-3H3,(H,16,17,19). The van der Waals surface area contributed by atoms with E-state index in [0.29, 0.717) is 22.1 Å². The Kier molecular flexibility index (Phi) is 5.11. The van der Waals surface area contributed by atoms with Crippen LogP contribution in [0.3, 0.4) is 0 Å². The van der Waals surface area contributed by atoms with E-state index in [9.17, 15) is 9.59 Å². The number of carbonyl (C=O) groups excluding carboxylic acids is 2. The number of amides is 1. The molecular weight excluding hydrogens is 304 g/mol. The van der Waals surface area contributed by atoms with Crippen LogP contribution in [0.25, 0.3) is 0 Å². The van der Waals surface area contributed by atoms with Crippen LogP contribution < -0.4 is 10.1 Å². The summed E-state index contributed by atoms with van der Waals surface area (Å²) in [5.41, 5.74) is 1.21. The quantitative estimate of drug-likeness (QED) is 0.856. The second-order valence-corrected chi connectivity index (χ2v) is 5.55. The number of aromatic nitrogens is 1. The minimum Gasteiger partial charge on any atom is -0.497 e. The first-order chi connectivity index (χ1) is 10.5. The molecule has 0 aliphatic heterocycles. The molecule has 22 heavy (non-hydrogen) atoms. The number of anilines is 1. The lowest BCUT2D eigenvalue weighted by Gasteiger charge is -2.03. The van der Waals surface area contributed by atoms with E-state index >= 15 is 0 Å². The van der Waals surface area contributed by atoms with Gasteiger partial charge in [0.05, 0.1) is 26.3 Å². The summed E-state index contributed by atoms with van der Waals surface area (Å²) in [5, 5.41) is 3.18. The number of thiazole rings is 1. The number of aryl methyl sites for hydroxylation is 1. The molecule has 2 aromatic rings. The zero-order valence-corrected chi connectivity index (χ0v) is 13.3. The molecule has 1 amide bonds. The fraction of sp³-hybridized carbons (Fsp3) is 0.267. The zero-order chi connectivity index (χ0) is 16.1. The highest BCUT2D eigenvalue weighted by molar-refractivity contribution is 7.16. The molecule has 1 aromatic carbocycles. The van der Waals surface area contributed by atoms with Crippen LogP contribution in [-0.4, -0.2) is 31.1 Å². The van der Waals surface area contributed by atoms with Crippen molar-refractivity contribution in [3.63, 3.8) is 0 Å². The molecule has 1 heterocycles. The monoisotopic (exact) mass is 320 g/mol. The lowest BCUT2D eigenvalue weighted by Crippen LogP contribution is -2.11. The van der Waals surface area contributed by atoms with Gasteiger partial charge in [-0.3, -0.25) is 14.9 Å². The minimum atomic E-state index is -0.334. The number of nitrogens with zero attached hydrogens (tertiary/aromatic N) is 1. The minimum absolute atomic E-state index is 0.151. The predicted molar refractivity (Wildman–Crippen MR) is 83.5 cm³/mol. The number of benzene rings is 1. The van der Waals surface area contributed by atoms with Crippen LogP contribution >= 0.6 is 11.3 Å². The molecule has 0 unspecified atom stereocenters. The first-order valence-electron chi connectivity index (χ1n) is 6.52. The molecule has 7 heteroatoms. The number of ether oxygens (including phenoxy) is 2. The maximum absolute atomic E-state index is 12.1. The number of carbonyl (C=O) groups is 2. The Labute approximate surface area is 132 Å². The van der Waals surface area contributed by atoms with Crippen molar-refractivity contribution in [1.82, 2.24) is 4.98 Å². The number of hydrogen-bond acceptors (Lipinski definition) is 6. The van der Waals surface area contributed by atoms with E-state index < -0.39 is 0 Å². The Morgan fingerprint density at radius 1 is 1.23 bits per heavy atom. The summed E-state index contributed by atoms with van der Waals surface area (Å²) >= 11 is 1.27. The lowest BCUT2D eigenvalue weighted by atomic mass is 10.2. The molecule has 1 aromatic heterocycles. The van der Waals surface area contributed by atoms with Crippen LogP contribution in [0.2, 0.25) is 0 Å². The van der Waals surface area contributed by atoms with Crippen molar-refractivity contribution in [3.8, 4) is 5.75 Å². The zero-order valence-electron chi connectivity index (χ0n) is 12.5. The topological polar surface area (TPSA) is 77.5 Å². The van der Waals surface area contributed by atoms with Gasteiger partial charge < -0.3 is 9.47 Å². The van der Waals surface area contributed by atoms with Gasteiger partial charge in [-0.25, -0.2) is 4.98 Å². The Morgan fingerprint density at radius 3 is 2.50 bits per heavy atom. The van der Waals surface area contributed by atoms with Crippen molar-refractivity contribution in [2.24, 2.45) is 0 Å². The number of nitrogens with one attached hydrogen (secondary N) is 1. The number of esters is 1. The third kappa shape index (κ3) is 3.82. The first-order valence-corrected chi connectivity index (χ1v) is 7.33. The molecule has 0 radical (unpaired) electrons. The maximum atomic E-state index is 12.1. The number of rotatable bonds is 5. The Bertz CT molecular complexity index is 679. The average Bonchev–Trinajstić information content (AvgIpc) is 2.86. The van der Waals surface area contributed by atoms with Gasteiger partial charge in [-0.05, 0) is 31.2 Å². The molecule has 0 bridgehead atoms. The largest absolute Gasteiger partial charge is 0.497 e. The molecule has 0 saturated carbocycles. The highest BCUT2D eigenvalue weighted by Crippen LogP contribution is 2.24. The van der Waals surface area contributed by atoms with Gasteiger partial charge in [-0.2, -0.15) is 0 Å². The lowest BCUT2D eigenvalue weighted by molar-refractivity contribution is -0.139. The number of hydrogen-bond donors (Lipinski definition) is 1. The Hall–Kier alpha value is -2.41. The first kappa shape index (κ1) is 16.0. The molecular formula is C15H16N2O4S. The fourth-order valence-corrected chi connectivity index (χ4v) is 2.70. The van der Waals surface area contributed by atoms with Gasteiger partial charge in [-0.15, -0.1) is 11.3 Å². The molecule has 0 saturated heterocycles. The molecule has 0 atom stereocenters. The van der Waals surface area contributed by atoms with Gasteiger partial charge in [0.25, 0.3) is 5.91 Å². The van der Waals surface area contributed by atoms with Crippen molar-refractivity contribution in [1.29, 1.82) is 0 Å². The van der Waals surface area contributed by atoms with Crippen molar-refractivity contribution in [3.05, 3.63) is 40.4 Å². The van der Waals surface area contributed by atoms with E-state index in [1.165, 1.54) is 18.4 Å². The second kappa shape index (κ2) is 7.04. The maximum Gasteiger partial charge on any atom is 0.310 e. The van der Waals surface area contributed by atoms with Gasteiger partial charge in [0, 0.05) is 10.4 Å². The summed E-state index contributed by atoms with van der Waals surface area (Å²) in [6.45, 7) is 1.79. The van der Waals surface area contributed by atoms with Gasteiger partial charge in [0.15, 0.2) is 5.13 Å². The third-order valence-electron chi connectivity index (χ3n) is 3.00. The predicted octanol–water partition coefficient (Wildman–Crippen LogP) is 2.43. The van der Waals surface area contributed by atoms with E-state index in [2.05, 4.69) is 15.0 Å². The SMILES string of the molecule is COC(=O)Cc1sc(NC(=O)c2ccc(OC)cc2)nc1C. The fourth-order valence-electron chi connectivity index (χ4n) is 1.76. The molecule has 0 fully saturated rings. The molecule has 116 valence electrons. The van der Waals surface area contributed by atoms with Crippen molar-refractivity contribution in [2.45, 2.75) is 13.3 Å². The summed E-state index contributed by atoms with van der Waals surface area (Å²) in [5.74, 6) is 0.0859. The van der Waals surface area contributed by atoms with Crippen molar-refractivity contribution in [2.75, 3.05) is 19.5 Å². The van der Waals surface area contributed by atoms with E-state index in [0.717, 1.165) is 4.88 Å². The second-order valence-electron chi connectivity index (χ2n) is 4.46. The van der Waals surface area contributed by atoms with Crippen LogP contribution in [0, 0.1) is 6.92 Å². The van der Waals surface area contributed by atoms with Crippen molar-refractivity contribution >= 4 is 28.3 Å². The van der Waals surface area contributed by atoms with Gasteiger partial charge in [0.2, 0.25) is 0 Å². The van der Waals surface area contributed by atoms with E-state index in [1.807, 2.05) is 0 Å². The van der Waals surface area contributed by atoms with Crippen LogP contribution in [0.15, 0.2) is 24.3 Å². The van der Waals surface area contributed by atoms with Crippen LogP contribution in [-0.2, 0) is 16.0 Å². The molecule has 2 rings (SSSR count). The average molecular weight is 320 g/mol. The summed E-state index contributed by atoms with van der Waals surface area (Å²) in [6.07, 6.45) is 0.151. The van der Waals surface area contributed by atoms with Gasteiger partial charge in [0.1, 0.15) is 5.75 Å². The normalized spacial score (nSPS) is 10.1. The van der Waals surface area contributed by atoms with E-state index in [-0.39, 0.29) is 18.3 Å². The summed E-state index contributed by atoms with van der Waals surface area (Å²) in [6, 6.07) is 6.77. The Morgan fingerprint density at radius 2 is 1.91 bits per heavy atom. The van der Waals surface area contributed by atoms with Crippen molar-refractivity contribution < 1.29 is 19.1 Å². The summed E-state index contributed by atoms with van der Waals surface area (Å²) < 4.78 is 9.68. The highest BCUT2D eigenvalue weighted by Gasteiger charge is 2.14. The molecule has 0 aliphatic rings. The van der Waals surface area contributed by atoms with Crippen LogP contribution in [0.1, 0.15) is 20.9 Å². The molecule has 1 N–H and O–H groups in total.